The molecule has 4 nitrogen and oxygen atoms in total. The van der Waals surface area contributed by atoms with Gasteiger partial charge >= 0.3 is 0 Å². The number of nitrogens with zero attached hydrogens (tertiary/aromatic N) is 2. The summed E-state index contributed by atoms with van der Waals surface area (Å²) >= 11 is 3.46. The Bertz CT molecular complexity index is 548. The van der Waals surface area contributed by atoms with Crippen molar-refractivity contribution in [3.8, 4) is 11.5 Å². The zero-order valence-electron chi connectivity index (χ0n) is 9.19. The monoisotopic (exact) mass is 293 g/mol. The molecule has 88 valence electrons. The van der Waals surface area contributed by atoms with E-state index in [-0.39, 0.29) is 0 Å². The summed E-state index contributed by atoms with van der Waals surface area (Å²) in [5.41, 5.74) is 7.29. The van der Waals surface area contributed by atoms with E-state index in [9.17, 15) is 0 Å². The van der Waals surface area contributed by atoms with Crippen molar-refractivity contribution in [3.63, 3.8) is 0 Å². The van der Waals surface area contributed by atoms with Gasteiger partial charge in [-0.1, -0.05) is 11.6 Å². The predicted octanol–water partition coefficient (Wildman–Crippen LogP) is 3.35. The maximum absolute atomic E-state index is 5.76. The van der Waals surface area contributed by atoms with E-state index in [0.717, 1.165) is 28.7 Å². The maximum atomic E-state index is 5.76. The van der Waals surface area contributed by atoms with Crippen LogP contribution in [0, 0.1) is 0 Å². The number of aromatic nitrogens is 2. The Kier molecular flexibility index (Phi) is 2.63. The molecule has 1 heterocycles. The molecular formula is C12H12BrN3O. The van der Waals surface area contributed by atoms with Crippen LogP contribution in [0.1, 0.15) is 31.0 Å². The minimum Gasteiger partial charge on any atom is -0.399 e. The number of halogens is 1. The van der Waals surface area contributed by atoms with Gasteiger partial charge in [0, 0.05) is 16.1 Å². The molecule has 1 aromatic carbocycles. The molecule has 0 unspecified atom stereocenters. The van der Waals surface area contributed by atoms with Crippen LogP contribution in [-0.4, -0.2) is 10.1 Å². The zero-order chi connectivity index (χ0) is 11.8. The number of benzene rings is 1. The van der Waals surface area contributed by atoms with E-state index in [1.54, 1.807) is 0 Å². The van der Waals surface area contributed by atoms with Crippen molar-refractivity contribution in [2.45, 2.75) is 25.2 Å². The smallest absolute Gasteiger partial charge is 0.259 e. The molecule has 1 aliphatic rings. The second-order valence-corrected chi connectivity index (χ2v) is 5.18. The number of rotatable bonds is 2. The van der Waals surface area contributed by atoms with Crippen LogP contribution in [0.3, 0.4) is 0 Å². The highest BCUT2D eigenvalue weighted by atomic mass is 79.9. The summed E-state index contributed by atoms with van der Waals surface area (Å²) in [6, 6.07) is 5.55. The lowest BCUT2D eigenvalue weighted by Crippen LogP contribution is -2.10. The van der Waals surface area contributed by atoms with Crippen LogP contribution in [0.4, 0.5) is 5.69 Å². The van der Waals surface area contributed by atoms with Gasteiger partial charge in [0.05, 0.1) is 5.56 Å². The molecule has 1 saturated carbocycles. The van der Waals surface area contributed by atoms with E-state index in [2.05, 4.69) is 26.1 Å². The largest absolute Gasteiger partial charge is 0.399 e. The second kappa shape index (κ2) is 4.14. The Hall–Kier alpha value is -1.36. The van der Waals surface area contributed by atoms with Crippen molar-refractivity contribution < 1.29 is 4.52 Å². The lowest BCUT2D eigenvalue weighted by atomic mass is 9.85. The third kappa shape index (κ3) is 1.95. The molecular weight excluding hydrogens is 282 g/mol. The Morgan fingerprint density at radius 2 is 2.18 bits per heavy atom. The van der Waals surface area contributed by atoms with Crippen molar-refractivity contribution in [1.29, 1.82) is 0 Å². The Morgan fingerprint density at radius 1 is 1.35 bits per heavy atom. The minimum absolute atomic E-state index is 0.479. The van der Waals surface area contributed by atoms with Gasteiger partial charge in [-0.25, -0.2) is 0 Å². The normalized spacial score (nSPS) is 15.8. The van der Waals surface area contributed by atoms with Crippen LogP contribution >= 0.6 is 15.9 Å². The Morgan fingerprint density at radius 3 is 2.88 bits per heavy atom. The molecule has 1 fully saturated rings. The summed E-state index contributed by atoms with van der Waals surface area (Å²) in [5.74, 6) is 1.83. The van der Waals surface area contributed by atoms with Gasteiger partial charge in [0.25, 0.3) is 5.89 Å². The van der Waals surface area contributed by atoms with E-state index < -0.39 is 0 Å². The lowest BCUT2D eigenvalue weighted by Gasteiger charge is -2.20. The average Bonchev–Trinajstić information content (AvgIpc) is 2.68. The Labute approximate surface area is 107 Å². The minimum atomic E-state index is 0.479. The maximum Gasteiger partial charge on any atom is 0.259 e. The van der Waals surface area contributed by atoms with Gasteiger partial charge in [-0.3, -0.25) is 0 Å². The molecule has 3 rings (SSSR count). The van der Waals surface area contributed by atoms with E-state index in [1.165, 1.54) is 6.42 Å². The molecule has 17 heavy (non-hydrogen) atoms. The first-order valence-electron chi connectivity index (χ1n) is 5.63. The highest BCUT2D eigenvalue weighted by Gasteiger charge is 2.25. The summed E-state index contributed by atoms with van der Waals surface area (Å²) in [6.07, 6.45) is 3.59. The van der Waals surface area contributed by atoms with Crippen LogP contribution < -0.4 is 5.73 Å². The fourth-order valence-corrected chi connectivity index (χ4v) is 2.30. The van der Waals surface area contributed by atoms with E-state index in [0.29, 0.717) is 17.5 Å². The van der Waals surface area contributed by atoms with Crippen LogP contribution in [0.5, 0.6) is 0 Å². The van der Waals surface area contributed by atoms with Crippen LogP contribution in [-0.2, 0) is 0 Å². The van der Waals surface area contributed by atoms with E-state index >= 15 is 0 Å². The summed E-state index contributed by atoms with van der Waals surface area (Å²) in [4.78, 5) is 4.44. The summed E-state index contributed by atoms with van der Waals surface area (Å²) in [7, 11) is 0. The molecule has 2 aromatic rings. The molecule has 0 saturated heterocycles. The summed E-state index contributed by atoms with van der Waals surface area (Å²) < 4.78 is 6.21. The number of hydrogen-bond acceptors (Lipinski definition) is 4. The molecule has 0 radical (unpaired) electrons. The molecule has 1 aromatic heterocycles. The van der Waals surface area contributed by atoms with Crippen molar-refractivity contribution in [2.24, 2.45) is 0 Å². The number of nitrogens with two attached hydrogens (primary N) is 1. The van der Waals surface area contributed by atoms with Crippen LogP contribution in [0.2, 0.25) is 0 Å². The van der Waals surface area contributed by atoms with Gasteiger partial charge in [-0.15, -0.1) is 0 Å². The molecule has 0 amide bonds. The van der Waals surface area contributed by atoms with Gasteiger partial charge in [0.2, 0.25) is 0 Å². The average molecular weight is 294 g/mol. The number of hydrogen-bond donors (Lipinski definition) is 1. The third-order valence-corrected chi connectivity index (χ3v) is 3.82. The SMILES string of the molecule is Nc1ccc(Br)c(-c2nc(C3CCC3)no2)c1. The molecule has 0 bridgehead atoms. The highest BCUT2D eigenvalue weighted by Crippen LogP contribution is 2.36. The van der Waals surface area contributed by atoms with E-state index in [4.69, 9.17) is 10.3 Å². The molecule has 0 spiro atoms. The Balaban J connectivity index is 1.97. The predicted molar refractivity (Wildman–Crippen MR) is 68.4 cm³/mol. The van der Waals surface area contributed by atoms with Gasteiger partial charge in [0.15, 0.2) is 5.82 Å². The number of anilines is 1. The lowest BCUT2D eigenvalue weighted by molar-refractivity contribution is 0.366. The molecule has 0 aliphatic heterocycles. The zero-order valence-corrected chi connectivity index (χ0v) is 10.8. The van der Waals surface area contributed by atoms with Gasteiger partial charge in [-0.05, 0) is 47.0 Å². The standard InChI is InChI=1S/C12H12BrN3O/c13-10-5-4-8(14)6-9(10)12-15-11(16-17-12)7-2-1-3-7/h4-7H,1-3,14H2. The van der Waals surface area contributed by atoms with Crippen molar-refractivity contribution in [2.75, 3.05) is 5.73 Å². The van der Waals surface area contributed by atoms with Crippen molar-refractivity contribution in [3.05, 3.63) is 28.5 Å². The fourth-order valence-electron chi connectivity index (χ4n) is 1.88. The van der Waals surface area contributed by atoms with Crippen molar-refractivity contribution in [1.82, 2.24) is 10.1 Å². The van der Waals surface area contributed by atoms with Crippen LogP contribution in [0.25, 0.3) is 11.5 Å². The fraction of sp³-hybridized carbons (Fsp3) is 0.333. The number of nitrogen functional groups attached to an aromatic ring is 1. The molecule has 1 aliphatic carbocycles. The van der Waals surface area contributed by atoms with Gasteiger partial charge in [-0.2, -0.15) is 4.98 Å². The molecule has 0 atom stereocenters. The van der Waals surface area contributed by atoms with E-state index in [1.807, 2.05) is 18.2 Å². The molecule has 2 N–H and O–H groups in total. The first-order valence-corrected chi connectivity index (χ1v) is 6.42. The first kappa shape index (κ1) is 10.8. The summed E-state index contributed by atoms with van der Waals surface area (Å²) in [6.45, 7) is 0. The first-order chi connectivity index (χ1) is 8.24. The third-order valence-electron chi connectivity index (χ3n) is 3.13. The van der Waals surface area contributed by atoms with Crippen molar-refractivity contribution >= 4 is 21.6 Å². The topological polar surface area (TPSA) is 64.9 Å². The highest BCUT2D eigenvalue weighted by molar-refractivity contribution is 9.10. The quantitative estimate of drug-likeness (QED) is 0.863. The second-order valence-electron chi connectivity index (χ2n) is 4.32. The summed E-state index contributed by atoms with van der Waals surface area (Å²) in [5, 5.41) is 4.04. The van der Waals surface area contributed by atoms with Crippen LogP contribution in [0.15, 0.2) is 27.2 Å². The molecule has 5 heteroatoms. The van der Waals surface area contributed by atoms with Gasteiger partial charge < -0.3 is 10.3 Å². The van der Waals surface area contributed by atoms with Gasteiger partial charge in [0.1, 0.15) is 0 Å².